The Bertz CT molecular complexity index is 847. The number of ketones is 1. The van der Waals surface area contributed by atoms with Crippen LogP contribution in [-0.2, 0) is 0 Å². The number of rotatable bonds is 2. The number of halogens is 1. The molecule has 114 valence electrons. The Hall–Kier alpha value is -2.66. The number of nitrogens with zero attached hydrogens (tertiary/aromatic N) is 3. The Morgan fingerprint density at radius 1 is 1.09 bits per heavy atom. The summed E-state index contributed by atoms with van der Waals surface area (Å²) in [4.78, 5) is 16.9. The summed E-state index contributed by atoms with van der Waals surface area (Å²) < 4.78 is 7.65. The number of benzene rings is 2. The van der Waals surface area contributed by atoms with Gasteiger partial charge in [-0.3, -0.25) is 4.79 Å². The molecule has 0 radical (unpaired) electrons. The molecule has 0 unspecified atom stereocenters. The van der Waals surface area contributed by atoms with Gasteiger partial charge in [0.15, 0.2) is 17.9 Å². The predicted molar refractivity (Wildman–Crippen MR) is 84.7 cm³/mol. The fourth-order valence-electron chi connectivity index (χ4n) is 2.79. The fraction of sp³-hybridized carbons (Fsp3) is 0.118. The fourth-order valence-corrected chi connectivity index (χ4v) is 2.92. The summed E-state index contributed by atoms with van der Waals surface area (Å²) in [5.74, 6) is 0.533. The molecule has 1 aliphatic heterocycles. The van der Waals surface area contributed by atoms with Crippen LogP contribution >= 0.6 is 11.6 Å². The summed E-state index contributed by atoms with van der Waals surface area (Å²) in [5.41, 5.74) is 1.41. The second-order valence-electron chi connectivity index (χ2n) is 5.27. The normalized spacial score (nSPS) is 20.0. The van der Waals surface area contributed by atoms with Gasteiger partial charge in [-0.2, -0.15) is 5.10 Å². The van der Waals surface area contributed by atoms with E-state index in [1.807, 2.05) is 24.3 Å². The van der Waals surface area contributed by atoms with E-state index < -0.39 is 12.1 Å². The Balaban J connectivity index is 1.85. The van der Waals surface area contributed by atoms with Crippen LogP contribution < -0.4 is 4.74 Å². The van der Waals surface area contributed by atoms with E-state index in [4.69, 9.17) is 16.3 Å². The van der Waals surface area contributed by atoms with Crippen LogP contribution in [0.2, 0.25) is 5.02 Å². The summed E-state index contributed by atoms with van der Waals surface area (Å²) in [6.07, 6.45) is 2.45. The molecule has 2 aromatic carbocycles. The van der Waals surface area contributed by atoms with E-state index in [1.54, 1.807) is 24.3 Å². The zero-order valence-electron chi connectivity index (χ0n) is 12.0. The van der Waals surface area contributed by atoms with Gasteiger partial charge in [0.25, 0.3) is 0 Å². The zero-order valence-corrected chi connectivity index (χ0v) is 12.7. The number of hydrogen-bond acceptors (Lipinski definition) is 4. The molecule has 1 aliphatic rings. The van der Waals surface area contributed by atoms with Crippen LogP contribution in [0.1, 0.15) is 28.1 Å². The molecule has 3 aromatic rings. The summed E-state index contributed by atoms with van der Waals surface area (Å²) in [6.45, 7) is 0. The minimum Gasteiger partial charge on any atom is -0.482 e. The van der Waals surface area contributed by atoms with E-state index in [0.717, 1.165) is 5.56 Å². The molecule has 0 fully saturated rings. The summed E-state index contributed by atoms with van der Waals surface area (Å²) in [6, 6.07) is 13.9. The molecule has 4 rings (SSSR count). The molecule has 5 nitrogen and oxygen atoms in total. The van der Waals surface area contributed by atoms with E-state index in [-0.39, 0.29) is 5.78 Å². The molecular weight excluding hydrogens is 314 g/mol. The molecule has 2 heterocycles. The Morgan fingerprint density at radius 3 is 2.61 bits per heavy atom. The molecule has 0 bridgehead atoms. The summed E-state index contributed by atoms with van der Waals surface area (Å²) >= 11 is 5.96. The molecule has 0 saturated carbocycles. The minimum absolute atomic E-state index is 0.0442. The average Bonchev–Trinajstić information content (AvgIpc) is 3.09. The second-order valence-corrected chi connectivity index (χ2v) is 5.71. The molecular formula is C17H12ClN3O2. The maximum absolute atomic E-state index is 13.0. The first-order valence-electron chi connectivity index (χ1n) is 7.13. The van der Waals surface area contributed by atoms with Gasteiger partial charge in [0.05, 0.1) is 5.56 Å². The molecule has 0 saturated heterocycles. The van der Waals surface area contributed by atoms with E-state index in [9.17, 15) is 4.79 Å². The van der Waals surface area contributed by atoms with Gasteiger partial charge >= 0.3 is 0 Å². The Kier molecular flexibility index (Phi) is 3.35. The first-order valence-corrected chi connectivity index (χ1v) is 7.51. The van der Waals surface area contributed by atoms with E-state index in [0.29, 0.717) is 16.3 Å². The first-order chi connectivity index (χ1) is 11.2. The van der Waals surface area contributed by atoms with Crippen molar-refractivity contribution in [2.75, 3.05) is 0 Å². The molecule has 23 heavy (non-hydrogen) atoms. The van der Waals surface area contributed by atoms with Crippen molar-refractivity contribution >= 4 is 17.4 Å². The summed E-state index contributed by atoms with van der Waals surface area (Å²) in [5, 5.41) is 4.77. The lowest BCUT2D eigenvalue weighted by Gasteiger charge is -2.32. The topological polar surface area (TPSA) is 57.0 Å². The molecule has 0 N–H and O–H groups in total. The minimum atomic E-state index is -0.603. The van der Waals surface area contributed by atoms with Gasteiger partial charge in [-0.05, 0) is 29.8 Å². The van der Waals surface area contributed by atoms with Gasteiger partial charge in [-0.15, -0.1) is 0 Å². The Labute approximate surface area is 137 Å². The predicted octanol–water partition coefficient (Wildman–Crippen LogP) is 3.49. The van der Waals surface area contributed by atoms with Crippen molar-refractivity contribution in [1.29, 1.82) is 0 Å². The van der Waals surface area contributed by atoms with Crippen LogP contribution in [0.25, 0.3) is 0 Å². The number of aromatic nitrogens is 3. The number of Topliss-reactive ketones (excluding diaryl/α,β-unsaturated/α-hetero) is 1. The molecule has 0 spiro atoms. The van der Waals surface area contributed by atoms with Gasteiger partial charge in [0, 0.05) is 5.02 Å². The van der Waals surface area contributed by atoms with Crippen LogP contribution in [0.5, 0.6) is 5.75 Å². The highest BCUT2D eigenvalue weighted by atomic mass is 35.5. The van der Waals surface area contributed by atoms with Gasteiger partial charge in [-0.25, -0.2) is 9.67 Å². The van der Waals surface area contributed by atoms with Gasteiger partial charge in [0.1, 0.15) is 18.4 Å². The number of fused-ring (bicyclic) bond motifs is 1. The van der Waals surface area contributed by atoms with Crippen molar-refractivity contribution in [2.45, 2.75) is 12.1 Å². The third-order valence-corrected chi connectivity index (χ3v) is 4.13. The number of ether oxygens (including phenoxy) is 1. The van der Waals surface area contributed by atoms with E-state index >= 15 is 0 Å². The highest BCUT2D eigenvalue weighted by molar-refractivity contribution is 6.30. The monoisotopic (exact) mass is 325 g/mol. The smallest absolute Gasteiger partial charge is 0.195 e. The third kappa shape index (κ3) is 2.39. The largest absolute Gasteiger partial charge is 0.482 e. The van der Waals surface area contributed by atoms with Gasteiger partial charge < -0.3 is 4.74 Å². The molecule has 1 aromatic heterocycles. The van der Waals surface area contributed by atoms with Crippen LogP contribution in [0.15, 0.2) is 61.2 Å². The maximum Gasteiger partial charge on any atom is 0.195 e. The molecule has 0 amide bonds. The van der Waals surface area contributed by atoms with Gasteiger partial charge in [-0.1, -0.05) is 35.9 Å². The van der Waals surface area contributed by atoms with E-state index in [2.05, 4.69) is 10.1 Å². The zero-order chi connectivity index (χ0) is 15.8. The van der Waals surface area contributed by atoms with Crippen molar-refractivity contribution < 1.29 is 9.53 Å². The number of para-hydroxylation sites is 1. The highest BCUT2D eigenvalue weighted by Gasteiger charge is 2.39. The maximum atomic E-state index is 13.0. The van der Waals surface area contributed by atoms with E-state index in [1.165, 1.54) is 17.3 Å². The van der Waals surface area contributed by atoms with Crippen molar-refractivity contribution in [3.63, 3.8) is 0 Å². The van der Waals surface area contributed by atoms with Crippen molar-refractivity contribution in [3.05, 3.63) is 77.3 Å². The SMILES string of the molecule is O=C1c2ccccc2O[C@@H](c2ccc(Cl)cc2)[C@@H]1n1cncn1. The Morgan fingerprint density at radius 2 is 1.87 bits per heavy atom. The number of carbonyl (C=O) groups is 1. The van der Waals surface area contributed by atoms with Crippen LogP contribution in [0, 0.1) is 0 Å². The van der Waals surface area contributed by atoms with Crippen molar-refractivity contribution in [1.82, 2.24) is 14.8 Å². The quantitative estimate of drug-likeness (QED) is 0.723. The second kappa shape index (κ2) is 5.52. The first kappa shape index (κ1) is 14.0. The lowest BCUT2D eigenvalue weighted by Crippen LogP contribution is -2.34. The summed E-state index contributed by atoms with van der Waals surface area (Å²) in [7, 11) is 0. The van der Waals surface area contributed by atoms with Crippen LogP contribution in [0.3, 0.4) is 0 Å². The molecule has 0 aliphatic carbocycles. The molecule has 6 heteroatoms. The lowest BCUT2D eigenvalue weighted by molar-refractivity contribution is 0.0653. The van der Waals surface area contributed by atoms with Gasteiger partial charge in [0.2, 0.25) is 0 Å². The standard InChI is InChI=1S/C17H12ClN3O2/c18-12-7-5-11(6-8-12)17-15(21-10-19-9-20-21)16(22)13-3-1-2-4-14(13)23-17/h1-10,15,17H/t15-,17+/m1/s1. The van der Waals surface area contributed by atoms with Crippen molar-refractivity contribution in [3.8, 4) is 5.75 Å². The average molecular weight is 326 g/mol. The van der Waals surface area contributed by atoms with Crippen LogP contribution in [-0.4, -0.2) is 20.5 Å². The molecule has 2 atom stereocenters. The number of carbonyl (C=O) groups excluding carboxylic acids is 1. The lowest BCUT2D eigenvalue weighted by atomic mass is 9.91. The highest BCUT2D eigenvalue weighted by Crippen LogP contribution is 2.40. The van der Waals surface area contributed by atoms with Crippen LogP contribution in [0.4, 0.5) is 0 Å². The third-order valence-electron chi connectivity index (χ3n) is 3.88. The number of hydrogen-bond donors (Lipinski definition) is 0. The van der Waals surface area contributed by atoms with Crippen molar-refractivity contribution in [2.24, 2.45) is 0 Å².